The van der Waals surface area contributed by atoms with Crippen molar-refractivity contribution >= 4 is 11.8 Å². The lowest BCUT2D eigenvalue weighted by atomic mass is 10.0. The van der Waals surface area contributed by atoms with Crippen LogP contribution in [0.3, 0.4) is 0 Å². The van der Waals surface area contributed by atoms with E-state index in [0.717, 1.165) is 0 Å². The minimum Gasteiger partial charge on any atom is -0.375 e. The number of carbonyl (C=O) groups excluding carboxylic acids is 2. The molecule has 6 nitrogen and oxygen atoms in total. The number of amides is 2. The largest absolute Gasteiger partial charge is 0.375 e. The highest BCUT2D eigenvalue weighted by atomic mass is 19.1. The van der Waals surface area contributed by atoms with Gasteiger partial charge >= 0.3 is 0 Å². The van der Waals surface area contributed by atoms with Gasteiger partial charge in [0, 0.05) is 12.7 Å². The van der Waals surface area contributed by atoms with Crippen LogP contribution in [0, 0.1) is 0 Å². The molecular formula is C13H18FN3O3. The molecule has 1 aromatic rings. The molecule has 0 fully saturated rings. The lowest BCUT2D eigenvalue weighted by Gasteiger charge is -2.20. The predicted octanol–water partition coefficient (Wildman–Crippen LogP) is -0.114. The third kappa shape index (κ3) is 4.29. The summed E-state index contributed by atoms with van der Waals surface area (Å²) in [6.07, 6.45) is -0.581. The van der Waals surface area contributed by atoms with E-state index in [9.17, 15) is 14.0 Å². The van der Waals surface area contributed by atoms with Crippen LogP contribution in [0.5, 0.6) is 0 Å². The van der Waals surface area contributed by atoms with Gasteiger partial charge in [-0.3, -0.25) is 9.59 Å². The number of halogens is 1. The van der Waals surface area contributed by atoms with Crippen molar-refractivity contribution < 1.29 is 18.7 Å². The molecule has 2 atom stereocenters. The Hall–Kier alpha value is -1.99. The Morgan fingerprint density at radius 3 is 2.40 bits per heavy atom. The molecule has 0 radical (unpaired) electrons. The summed E-state index contributed by atoms with van der Waals surface area (Å²) < 4.78 is 17.7. The van der Waals surface area contributed by atoms with Crippen LogP contribution in [0.15, 0.2) is 24.3 Å². The van der Waals surface area contributed by atoms with E-state index in [-0.39, 0.29) is 6.54 Å². The summed E-state index contributed by atoms with van der Waals surface area (Å²) in [5.74, 6) is -1.04. The van der Waals surface area contributed by atoms with Crippen LogP contribution in [0.1, 0.15) is 22.0 Å². The molecule has 0 aromatic heterocycles. The minimum atomic E-state index is -0.769. The maximum atomic E-state index is 12.6. The molecule has 0 heterocycles. The molecular weight excluding hydrogens is 265 g/mol. The molecule has 0 unspecified atom stereocenters. The van der Waals surface area contributed by atoms with E-state index in [0.29, 0.717) is 11.1 Å². The van der Waals surface area contributed by atoms with Gasteiger partial charge in [-0.1, -0.05) is 12.1 Å². The lowest BCUT2D eigenvalue weighted by molar-refractivity contribution is -0.117. The van der Waals surface area contributed by atoms with Crippen molar-refractivity contribution in [2.24, 2.45) is 11.5 Å². The van der Waals surface area contributed by atoms with Crippen LogP contribution < -0.4 is 16.8 Å². The number of benzene rings is 1. The SMILES string of the molecule is CO[C@H](c1ccc(C(=O)NCC(N)=O)cc1)[C@H](N)CF. The zero-order chi connectivity index (χ0) is 15.1. The number of ether oxygens (including phenoxy) is 1. The Labute approximate surface area is 116 Å². The molecule has 0 bridgehead atoms. The number of nitrogens with two attached hydrogens (primary N) is 2. The first kappa shape index (κ1) is 16.1. The van der Waals surface area contributed by atoms with Gasteiger partial charge in [-0.05, 0) is 17.7 Å². The number of nitrogens with one attached hydrogen (secondary N) is 1. The van der Waals surface area contributed by atoms with Crippen molar-refractivity contribution in [2.75, 3.05) is 20.3 Å². The van der Waals surface area contributed by atoms with Crippen molar-refractivity contribution in [2.45, 2.75) is 12.1 Å². The third-order valence-corrected chi connectivity index (χ3v) is 2.75. The normalized spacial score (nSPS) is 13.6. The monoisotopic (exact) mass is 283 g/mol. The Bertz CT molecular complexity index is 464. The fraction of sp³-hybridized carbons (Fsp3) is 0.385. The molecule has 110 valence electrons. The Kier molecular flexibility index (Phi) is 6.08. The second kappa shape index (κ2) is 7.56. The molecule has 0 spiro atoms. The molecule has 20 heavy (non-hydrogen) atoms. The number of carbonyl (C=O) groups is 2. The second-order valence-corrected chi connectivity index (χ2v) is 4.25. The van der Waals surface area contributed by atoms with Gasteiger partial charge in [0.1, 0.15) is 6.67 Å². The summed E-state index contributed by atoms with van der Waals surface area (Å²) in [5.41, 5.74) is 11.6. The Balaban J connectivity index is 2.77. The van der Waals surface area contributed by atoms with Crippen LogP contribution >= 0.6 is 0 Å². The van der Waals surface area contributed by atoms with Gasteiger partial charge in [-0.2, -0.15) is 0 Å². The van der Waals surface area contributed by atoms with Crippen molar-refractivity contribution in [1.82, 2.24) is 5.32 Å². The number of methoxy groups -OCH3 is 1. The van der Waals surface area contributed by atoms with Crippen LogP contribution in [-0.4, -0.2) is 38.2 Å². The van der Waals surface area contributed by atoms with Crippen LogP contribution in [0.4, 0.5) is 4.39 Å². The summed E-state index contributed by atoms with van der Waals surface area (Å²) in [5, 5.41) is 2.37. The van der Waals surface area contributed by atoms with Gasteiger partial charge < -0.3 is 21.5 Å². The standard InChI is InChI=1S/C13H18FN3O3/c1-20-12(10(15)6-14)8-2-4-9(5-3-8)13(19)17-7-11(16)18/h2-5,10,12H,6-7,15H2,1H3,(H2,16,18)(H,17,19)/t10-,12-/m1/s1. The number of hydrogen-bond acceptors (Lipinski definition) is 4. The highest BCUT2D eigenvalue weighted by molar-refractivity contribution is 5.96. The van der Waals surface area contributed by atoms with E-state index in [1.165, 1.54) is 7.11 Å². The molecule has 0 aliphatic heterocycles. The number of rotatable bonds is 7. The lowest BCUT2D eigenvalue weighted by Crippen LogP contribution is -2.33. The molecule has 0 aliphatic rings. The maximum absolute atomic E-state index is 12.6. The highest BCUT2D eigenvalue weighted by Gasteiger charge is 2.19. The van der Waals surface area contributed by atoms with Crippen molar-refractivity contribution in [3.05, 3.63) is 35.4 Å². The molecule has 1 aromatic carbocycles. The fourth-order valence-electron chi connectivity index (χ4n) is 1.73. The molecule has 1 rings (SSSR count). The van der Waals surface area contributed by atoms with E-state index in [2.05, 4.69) is 5.32 Å². The van der Waals surface area contributed by atoms with Gasteiger partial charge in [-0.15, -0.1) is 0 Å². The fourth-order valence-corrected chi connectivity index (χ4v) is 1.73. The predicted molar refractivity (Wildman–Crippen MR) is 71.7 cm³/mol. The molecule has 0 aliphatic carbocycles. The summed E-state index contributed by atoms with van der Waals surface area (Å²) >= 11 is 0. The third-order valence-electron chi connectivity index (χ3n) is 2.75. The first-order valence-corrected chi connectivity index (χ1v) is 6.00. The quantitative estimate of drug-likeness (QED) is 0.648. The Morgan fingerprint density at radius 1 is 1.35 bits per heavy atom. The zero-order valence-electron chi connectivity index (χ0n) is 11.1. The molecule has 7 heteroatoms. The van der Waals surface area contributed by atoms with Crippen molar-refractivity contribution in [1.29, 1.82) is 0 Å². The summed E-state index contributed by atoms with van der Waals surface area (Å²) in [7, 11) is 1.44. The van der Waals surface area contributed by atoms with Gasteiger partial charge in [0.2, 0.25) is 5.91 Å². The summed E-state index contributed by atoms with van der Waals surface area (Å²) in [6.45, 7) is -0.937. The summed E-state index contributed by atoms with van der Waals surface area (Å²) in [4.78, 5) is 22.2. The van der Waals surface area contributed by atoms with Crippen LogP contribution in [-0.2, 0) is 9.53 Å². The van der Waals surface area contributed by atoms with Gasteiger partial charge in [0.15, 0.2) is 0 Å². The van der Waals surface area contributed by atoms with Crippen LogP contribution in [0.25, 0.3) is 0 Å². The average Bonchev–Trinajstić information content (AvgIpc) is 2.45. The van der Waals surface area contributed by atoms with Crippen molar-refractivity contribution in [3.63, 3.8) is 0 Å². The Morgan fingerprint density at radius 2 is 1.95 bits per heavy atom. The number of primary amides is 1. The van der Waals surface area contributed by atoms with E-state index in [1.54, 1.807) is 24.3 Å². The van der Waals surface area contributed by atoms with Crippen molar-refractivity contribution in [3.8, 4) is 0 Å². The number of alkyl halides is 1. The first-order chi connectivity index (χ1) is 9.49. The van der Waals surface area contributed by atoms with Gasteiger partial charge in [0.25, 0.3) is 5.91 Å². The van der Waals surface area contributed by atoms with Gasteiger partial charge in [0.05, 0.1) is 18.7 Å². The molecule has 2 amide bonds. The number of hydrogen-bond donors (Lipinski definition) is 3. The minimum absolute atomic E-state index is 0.228. The smallest absolute Gasteiger partial charge is 0.251 e. The average molecular weight is 283 g/mol. The molecule has 0 saturated carbocycles. The zero-order valence-corrected chi connectivity index (χ0v) is 11.1. The molecule has 5 N–H and O–H groups in total. The maximum Gasteiger partial charge on any atom is 0.251 e. The van der Waals surface area contributed by atoms with E-state index < -0.39 is 30.6 Å². The highest BCUT2D eigenvalue weighted by Crippen LogP contribution is 2.20. The molecule has 0 saturated heterocycles. The van der Waals surface area contributed by atoms with E-state index >= 15 is 0 Å². The second-order valence-electron chi connectivity index (χ2n) is 4.25. The van der Waals surface area contributed by atoms with Crippen LogP contribution in [0.2, 0.25) is 0 Å². The first-order valence-electron chi connectivity index (χ1n) is 6.00. The topological polar surface area (TPSA) is 107 Å². The van der Waals surface area contributed by atoms with E-state index in [4.69, 9.17) is 16.2 Å². The van der Waals surface area contributed by atoms with Gasteiger partial charge in [-0.25, -0.2) is 4.39 Å². The van der Waals surface area contributed by atoms with E-state index in [1.807, 2.05) is 0 Å². The summed E-state index contributed by atoms with van der Waals surface area (Å²) in [6, 6.07) is 5.58.